The molecule has 1 aliphatic heterocycles. The second-order valence-electron chi connectivity index (χ2n) is 6.85. The Bertz CT molecular complexity index is 926. The second kappa shape index (κ2) is 7.67. The molecule has 1 aromatic carbocycles. The van der Waals surface area contributed by atoms with Gasteiger partial charge in [-0.2, -0.15) is 0 Å². The summed E-state index contributed by atoms with van der Waals surface area (Å²) < 4.78 is 0. The van der Waals surface area contributed by atoms with Crippen LogP contribution in [0.15, 0.2) is 49.1 Å². The standard InChI is InChI=1S/C20H21N5O2/c26-20(27)15-4-1-3-14(9-15)12-25-8-2-5-16(13-25)17-10-21-11-18(24-17)19-22-6-7-23-19/h1,3-4,6-7,9-11,16H,2,5,8,12-13H2,(H,22,23)(H,26,27)/t16-/m0/s1. The van der Waals surface area contributed by atoms with Gasteiger partial charge in [-0.3, -0.25) is 9.88 Å². The van der Waals surface area contributed by atoms with E-state index in [-0.39, 0.29) is 0 Å². The van der Waals surface area contributed by atoms with Gasteiger partial charge >= 0.3 is 5.97 Å². The molecule has 0 radical (unpaired) electrons. The number of hydrogen-bond donors (Lipinski definition) is 2. The number of aromatic amines is 1. The molecule has 0 aliphatic carbocycles. The Labute approximate surface area is 157 Å². The van der Waals surface area contributed by atoms with E-state index in [2.05, 4.69) is 19.9 Å². The lowest BCUT2D eigenvalue weighted by molar-refractivity contribution is 0.0696. The van der Waals surface area contributed by atoms with Gasteiger partial charge in [0.25, 0.3) is 0 Å². The van der Waals surface area contributed by atoms with Gasteiger partial charge in [0.2, 0.25) is 0 Å². The van der Waals surface area contributed by atoms with Gasteiger partial charge in [-0.15, -0.1) is 0 Å². The maximum atomic E-state index is 11.2. The average Bonchev–Trinajstić information content (AvgIpc) is 3.23. The lowest BCUT2D eigenvalue weighted by Crippen LogP contribution is -2.34. The van der Waals surface area contributed by atoms with Crippen LogP contribution in [0.1, 0.15) is 40.4 Å². The predicted octanol–water partition coefficient (Wildman–Crippen LogP) is 2.94. The van der Waals surface area contributed by atoms with Gasteiger partial charge in [0, 0.05) is 37.6 Å². The molecular weight excluding hydrogens is 342 g/mol. The van der Waals surface area contributed by atoms with Crippen LogP contribution >= 0.6 is 0 Å². The van der Waals surface area contributed by atoms with Gasteiger partial charge in [-0.25, -0.2) is 14.8 Å². The zero-order chi connectivity index (χ0) is 18.6. The summed E-state index contributed by atoms with van der Waals surface area (Å²) in [5.74, 6) is 0.143. The normalized spacial score (nSPS) is 17.7. The van der Waals surface area contributed by atoms with Crippen LogP contribution in [0.25, 0.3) is 11.5 Å². The van der Waals surface area contributed by atoms with Gasteiger partial charge in [-0.05, 0) is 37.1 Å². The predicted molar refractivity (Wildman–Crippen MR) is 100 cm³/mol. The van der Waals surface area contributed by atoms with Crippen molar-refractivity contribution in [1.82, 2.24) is 24.8 Å². The topological polar surface area (TPSA) is 95.0 Å². The van der Waals surface area contributed by atoms with Gasteiger partial charge < -0.3 is 10.1 Å². The first-order valence-electron chi connectivity index (χ1n) is 9.05. The number of imidazole rings is 1. The summed E-state index contributed by atoms with van der Waals surface area (Å²) in [4.78, 5) is 30.0. The number of likely N-dealkylation sites (tertiary alicyclic amines) is 1. The molecule has 2 aromatic heterocycles. The van der Waals surface area contributed by atoms with Gasteiger partial charge in [0.15, 0.2) is 5.82 Å². The van der Waals surface area contributed by atoms with Crippen LogP contribution in [-0.4, -0.2) is 49.0 Å². The number of H-pyrrole nitrogens is 1. The van der Waals surface area contributed by atoms with Crippen molar-refractivity contribution in [2.75, 3.05) is 13.1 Å². The van der Waals surface area contributed by atoms with Crippen LogP contribution in [0.4, 0.5) is 0 Å². The lowest BCUT2D eigenvalue weighted by atomic mass is 9.94. The highest BCUT2D eigenvalue weighted by Crippen LogP contribution is 2.27. The molecule has 3 aromatic rings. The molecular formula is C20H21N5O2. The first-order valence-corrected chi connectivity index (χ1v) is 9.05. The Morgan fingerprint density at radius 1 is 1.33 bits per heavy atom. The highest BCUT2D eigenvalue weighted by atomic mass is 16.4. The number of nitrogens with zero attached hydrogens (tertiary/aromatic N) is 4. The number of carboxylic acid groups (broad SMARTS) is 1. The maximum Gasteiger partial charge on any atom is 0.335 e. The van der Waals surface area contributed by atoms with Crippen LogP contribution in [0.3, 0.4) is 0 Å². The van der Waals surface area contributed by atoms with Crippen molar-refractivity contribution in [3.8, 4) is 11.5 Å². The molecule has 27 heavy (non-hydrogen) atoms. The molecule has 2 N–H and O–H groups in total. The van der Waals surface area contributed by atoms with E-state index in [0.717, 1.165) is 55.3 Å². The maximum absolute atomic E-state index is 11.2. The van der Waals surface area contributed by atoms with Crippen molar-refractivity contribution in [3.63, 3.8) is 0 Å². The molecule has 1 atom stereocenters. The van der Waals surface area contributed by atoms with Crippen molar-refractivity contribution in [3.05, 3.63) is 65.9 Å². The SMILES string of the molecule is O=C(O)c1cccc(CN2CCC[C@H](c3cncc(-c4ncc[nH]4)n3)C2)c1. The number of piperidine rings is 1. The fourth-order valence-electron chi connectivity index (χ4n) is 3.60. The van der Waals surface area contributed by atoms with Crippen LogP contribution in [-0.2, 0) is 6.54 Å². The van der Waals surface area contributed by atoms with Crippen molar-refractivity contribution in [2.24, 2.45) is 0 Å². The molecule has 0 amide bonds. The number of aromatic nitrogens is 4. The molecule has 138 valence electrons. The smallest absolute Gasteiger partial charge is 0.335 e. The van der Waals surface area contributed by atoms with Crippen LogP contribution < -0.4 is 0 Å². The summed E-state index contributed by atoms with van der Waals surface area (Å²) in [6.45, 7) is 2.62. The molecule has 0 unspecified atom stereocenters. The highest BCUT2D eigenvalue weighted by Gasteiger charge is 2.23. The van der Waals surface area contributed by atoms with E-state index in [4.69, 9.17) is 4.98 Å². The number of aromatic carboxylic acids is 1. The van der Waals surface area contributed by atoms with Crippen molar-refractivity contribution in [2.45, 2.75) is 25.3 Å². The Balaban J connectivity index is 1.48. The minimum absolute atomic E-state index is 0.309. The third-order valence-corrected chi connectivity index (χ3v) is 4.90. The van der Waals surface area contributed by atoms with E-state index in [1.807, 2.05) is 12.3 Å². The van der Waals surface area contributed by atoms with Crippen LogP contribution in [0, 0.1) is 0 Å². The number of rotatable bonds is 5. The number of carboxylic acids is 1. The van der Waals surface area contributed by atoms with E-state index < -0.39 is 5.97 Å². The fraction of sp³-hybridized carbons (Fsp3) is 0.300. The molecule has 1 aliphatic rings. The van der Waals surface area contributed by atoms with Crippen molar-refractivity contribution in [1.29, 1.82) is 0 Å². The van der Waals surface area contributed by atoms with Crippen LogP contribution in [0.2, 0.25) is 0 Å². The number of carbonyl (C=O) groups is 1. The Hall–Kier alpha value is -3.06. The average molecular weight is 363 g/mol. The molecule has 1 fully saturated rings. The van der Waals surface area contributed by atoms with Gasteiger partial charge in [0.05, 0.1) is 17.5 Å². The first kappa shape index (κ1) is 17.4. The zero-order valence-electron chi connectivity index (χ0n) is 14.9. The van der Waals surface area contributed by atoms with Crippen molar-refractivity contribution >= 4 is 5.97 Å². The highest BCUT2D eigenvalue weighted by molar-refractivity contribution is 5.87. The second-order valence-corrected chi connectivity index (χ2v) is 6.85. The quantitative estimate of drug-likeness (QED) is 0.724. The molecule has 1 saturated heterocycles. The van der Waals surface area contributed by atoms with E-state index in [1.54, 1.807) is 36.8 Å². The van der Waals surface area contributed by atoms with Gasteiger partial charge in [-0.1, -0.05) is 12.1 Å². The molecule has 0 saturated carbocycles. The van der Waals surface area contributed by atoms with E-state index >= 15 is 0 Å². The molecule has 0 bridgehead atoms. The van der Waals surface area contributed by atoms with E-state index in [1.165, 1.54) is 0 Å². The minimum Gasteiger partial charge on any atom is -0.478 e. The molecule has 4 rings (SSSR count). The molecule has 7 heteroatoms. The van der Waals surface area contributed by atoms with Crippen LogP contribution in [0.5, 0.6) is 0 Å². The van der Waals surface area contributed by atoms with Gasteiger partial charge in [0.1, 0.15) is 5.69 Å². The number of hydrogen-bond acceptors (Lipinski definition) is 5. The Kier molecular flexibility index (Phi) is 4.93. The molecule has 3 heterocycles. The van der Waals surface area contributed by atoms with E-state index in [0.29, 0.717) is 11.5 Å². The largest absolute Gasteiger partial charge is 0.478 e. The summed E-state index contributed by atoms with van der Waals surface area (Å²) in [5.41, 5.74) is 3.08. The summed E-state index contributed by atoms with van der Waals surface area (Å²) in [6, 6.07) is 7.16. The lowest BCUT2D eigenvalue weighted by Gasteiger charge is -2.32. The summed E-state index contributed by atoms with van der Waals surface area (Å²) in [6.07, 6.45) is 9.19. The third-order valence-electron chi connectivity index (χ3n) is 4.90. The molecule has 7 nitrogen and oxygen atoms in total. The number of benzene rings is 1. The van der Waals surface area contributed by atoms with Crippen molar-refractivity contribution < 1.29 is 9.90 Å². The first-order chi connectivity index (χ1) is 13.2. The zero-order valence-corrected chi connectivity index (χ0v) is 14.9. The minimum atomic E-state index is -0.890. The summed E-state index contributed by atoms with van der Waals surface area (Å²) in [7, 11) is 0. The third kappa shape index (κ3) is 4.03. The Morgan fingerprint density at radius 2 is 2.26 bits per heavy atom. The molecule has 0 spiro atoms. The summed E-state index contributed by atoms with van der Waals surface area (Å²) in [5, 5.41) is 9.17. The summed E-state index contributed by atoms with van der Waals surface area (Å²) >= 11 is 0. The number of nitrogens with one attached hydrogen (secondary N) is 1. The Morgan fingerprint density at radius 3 is 3.07 bits per heavy atom. The monoisotopic (exact) mass is 363 g/mol. The van der Waals surface area contributed by atoms with E-state index in [9.17, 15) is 9.90 Å². The fourth-order valence-corrected chi connectivity index (χ4v) is 3.60.